The maximum atomic E-state index is 9.69. The molecule has 19 heavy (non-hydrogen) atoms. The Balaban J connectivity index is 1.99. The average Bonchev–Trinajstić information content (AvgIpc) is 2.85. The highest BCUT2D eigenvalue weighted by Crippen LogP contribution is 2.18. The fourth-order valence-electron chi connectivity index (χ4n) is 2.11. The fraction of sp³-hybridized carbons (Fsp3) is 0.692. The molecule has 0 aliphatic carbocycles. The van der Waals surface area contributed by atoms with Gasteiger partial charge in [0.1, 0.15) is 5.82 Å². The molecule has 1 aromatic heterocycles. The molecule has 0 radical (unpaired) electrons. The van der Waals surface area contributed by atoms with Crippen LogP contribution in [0.5, 0.6) is 0 Å². The molecule has 2 rings (SSSR count). The van der Waals surface area contributed by atoms with Crippen molar-refractivity contribution in [1.29, 1.82) is 0 Å². The second-order valence-electron chi connectivity index (χ2n) is 5.62. The highest BCUT2D eigenvalue weighted by atomic mass is 16.3. The van der Waals surface area contributed by atoms with E-state index < -0.39 is 5.60 Å². The number of aromatic nitrogens is 2. The fourth-order valence-corrected chi connectivity index (χ4v) is 2.11. The number of nitrogens with one attached hydrogen (secondary N) is 2. The lowest BCUT2D eigenvalue weighted by Gasteiger charge is -2.20. The zero-order chi connectivity index (χ0) is 13.9. The molecule has 1 saturated heterocycles. The van der Waals surface area contributed by atoms with Crippen molar-refractivity contribution < 1.29 is 5.11 Å². The number of likely N-dealkylation sites (N-methyl/N-ethyl adjacent to an activating group) is 1. The van der Waals surface area contributed by atoms with E-state index >= 15 is 0 Å². The first-order valence-corrected chi connectivity index (χ1v) is 6.69. The summed E-state index contributed by atoms with van der Waals surface area (Å²) >= 11 is 0. The summed E-state index contributed by atoms with van der Waals surface area (Å²) < 4.78 is 0. The third-order valence-electron chi connectivity index (χ3n) is 3.24. The quantitative estimate of drug-likeness (QED) is 0.718. The largest absolute Gasteiger partial charge is 0.389 e. The van der Waals surface area contributed by atoms with Crippen LogP contribution in [0.1, 0.15) is 20.3 Å². The summed E-state index contributed by atoms with van der Waals surface area (Å²) in [7, 11) is 1.99. The van der Waals surface area contributed by atoms with Crippen LogP contribution in [-0.2, 0) is 0 Å². The second kappa shape index (κ2) is 5.71. The SMILES string of the molecule is CN[C@@H]1CCN(c2ccnc(NCC(C)(C)O)n2)C1. The summed E-state index contributed by atoms with van der Waals surface area (Å²) in [5.41, 5.74) is -0.774. The topological polar surface area (TPSA) is 73.3 Å². The zero-order valence-corrected chi connectivity index (χ0v) is 11.8. The molecule has 0 saturated carbocycles. The molecule has 2 heterocycles. The molecule has 3 N–H and O–H groups in total. The van der Waals surface area contributed by atoms with Crippen LogP contribution in [0.3, 0.4) is 0 Å². The van der Waals surface area contributed by atoms with Crippen LogP contribution in [0.4, 0.5) is 11.8 Å². The van der Waals surface area contributed by atoms with Crippen molar-refractivity contribution in [2.45, 2.75) is 31.9 Å². The van der Waals surface area contributed by atoms with E-state index in [1.807, 2.05) is 13.1 Å². The Kier molecular flexibility index (Phi) is 4.21. The van der Waals surface area contributed by atoms with Crippen molar-refractivity contribution in [2.24, 2.45) is 0 Å². The molecular weight excluding hydrogens is 242 g/mol. The van der Waals surface area contributed by atoms with Gasteiger partial charge in [0.25, 0.3) is 0 Å². The molecule has 0 unspecified atom stereocenters. The van der Waals surface area contributed by atoms with E-state index in [-0.39, 0.29) is 0 Å². The van der Waals surface area contributed by atoms with Gasteiger partial charge in [-0.1, -0.05) is 0 Å². The van der Waals surface area contributed by atoms with Crippen LogP contribution in [-0.4, -0.2) is 53.4 Å². The number of hydrogen-bond acceptors (Lipinski definition) is 6. The van der Waals surface area contributed by atoms with Gasteiger partial charge in [-0.15, -0.1) is 0 Å². The third-order valence-corrected chi connectivity index (χ3v) is 3.24. The Hall–Kier alpha value is -1.40. The van der Waals surface area contributed by atoms with Crippen LogP contribution in [0.2, 0.25) is 0 Å². The van der Waals surface area contributed by atoms with Gasteiger partial charge >= 0.3 is 0 Å². The van der Waals surface area contributed by atoms with Gasteiger partial charge in [0.05, 0.1) is 5.60 Å². The summed E-state index contributed by atoms with van der Waals surface area (Å²) in [4.78, 5) is 10.9. The molecule has 6 nitrogen and oxygen atoms in total. The predicted octanol–water partition coefficient (Wildman–Crippen LogP) is 0.457. The molecule has 0 aromatic carbocycles. The summed E-state index contributed by atoms with van der Waals surface area (Å²) in [6, 6.07) is 2.45. The maximum Gasteiger partial charge on any atom is 0.224 e. The van der Waals surface area contributed by atoms with Crippen molar-refractivity contribution in [2.75, 3.05) is 36.9 Å². The second-order valence-corrected chi connectivity index (χ2v) is 5.62. The van der Waals surface area contributed by atoms with Crippen LogP contribution >= 0.6 is 0 Å². The highest BCUT2D eigenvalue weighted by molar-refractivity contribution is 5.43. The molecule has 106 valence electrons. The summed E-state index contributed by atoms with van der Waals surface area (Å²) in [5, 5.41) is 16.0. The minimum absolute atomic E-state index is 0.426. The van der Waals surface area contributed by atoms with Gasteiger partial charge in [-0.2, -0.15) is 4.98 Å². The van der Waals surface area contributed by atoms with Crippen molar-refractivity contribution in [3.8, 4) is 0 Å². The molecule has 1 fully saturated rings. The Morgan fingerprint density at radius 3 is 2.95 bits per heavy atom. The van der Waals surface area contributed by atoms with Crippen LogP contribution in [0.15, 0.2) is 12.3 Å². The lowest BCUT2D eigenvalue weighted by molar-refractivity contribution is 0.0943. The lowest BCUT2D eigenvalue weighted by Crippen LogP contribution is -2.31. The first kappa shape index (κ1) is 14.0. The number of nitrogens with zero attached hydrogens (tertiary/aromatic N) is 3. The highest BCUT2D eigenvalue weighted by Gasteiger charge is 2.22. The van der Waals surface area contributed by atoms with E-state index in [9.17, 15) is 5.11 Å². The molecular formula is C13H23N5O. The predicted molar refractivity (Wildman–Crippen MR) is 76.5 cm³/mol. The summed E-state index contributed by atoms with van der Waals surface area (Å²) in [5.74, 6) is 1.50. The minimum atomic E-state index is -0.774. The third kappa shape index (κ3) is 4.04. The van der Waals surface area contributed by atoms with Crippen LogP contribution in [0.25, 0.3) is 0 Å². The molecule has 1 aromatic rings. The number of rotatable bonds is 5. The van der Waals surface area contributed by atoms with Crippen molar-refractivity contribution in [1.82, 2.24) is 15.3 Å². The molecule has 0 bridgehead atoms. The van der Waals surface area contributed by atoms with E-state index in [1.165, 1.54) is 0 Å². The first-order valence-electron chi connectivity index (χ1n) is 6.69. The number of hydrogen-bond donors (Lipinski definition) is 3. The minimum Gasteiger partial charge on any atom is -0.389 e. The monoisotopic (exact) mass is 265 g/mol. The molecule has 1 atom stereocenters. The van der Waals surface area contributed by atoms with Crippen molar-refractivity contribution in [3.63, 3.8) is 0 Å². The Labute approximate surface area is 114 Å². The molecule has 1 aliphatic heterocycles. The van der Waals surface area contributed by atoms with E-state index in [1.54, 1.807) is 20.0 Å². The van der Waals surface area contributed by atoms with Crippen LogP contribution < -0.4 is 15.5 Å². The van der Waals surface area contributed by atoms with Gasteiger partial charge in [0.2, 0.25) is 5.95 Å². The van der Waals surface area contributed by atoms with Gasteiger partial charge in [0, 0.05) is 31.9 Å². The van der Waals surface area contributed by atoms with Gasteiger partial charge < -0.3 is 20.6 Å². The first-order chi connectivity index (χ1) is 8.98. The van der Waals surface area contributed by atoms with Gasteiger partial charge in [-0.3, -0.25) is 0 Å². The van der Waals surface area contributed by atoms with Gasteiger partial charge in [-0.05, 0) is 33.4 Å². The number of aliphatic hydroxyl groups is 1. The normalized spacial score (nSPS) is 19.8. The Morgan fingerprint density at radius 2 is 2.32 bits per heavy atom. The van der Waals surface area contributed by atoms with Crippen molar-refractivity contribution in [3.05, 3.63) is 12.3 Å². The van der Waals surface area contributed by atoms with Crippen LogP contribution in [0, 0.1) is 0 Å². The molecule has 0 amide bonds. The molecule has 0 spiro atoms. The lowest BCUT2D eigenvalue weighted by atomic mass is 10.1. The smallest absolute Gasteiger partial charge is 0.224 e. The average molecular weight is 265 g/mol. The molecule has 6 heteroatoms. The van der Waals surface area contributed by atoms with E-state index in [0.717, 1.165) is 25.3 Å². The Bertz CT molecular complexity index is 418. The van der Waals surface area contributed by atoms with E-state index in [4.69, 9.17) is 0 Å². The van der Waals surface area contributed by atoms with E-state index in [2.05, 4.69) is 25.5 Å². The Morgan fingerprint density at radius 1 is 1.53 bits per heavy atom. The van der Waals surface area contributed by atoms with E-state index in [0.29, 0.717) is 18.5 Å². The zero-order valence-electron chi connectivity index (χ0n) is 11.8. The molecule has 1 aliphatic rings. The van der Waals surface area contributed by atoms with Crippen molar-refractivity contribution >= 4 is 11.8 Å². The van der Waals surface area contributed by atoms with Gasteiger partial charge in [-0.25, -0.2) is 4.98 Å². The maximum absolute atomic E-state index is 9.69. The summed E-state index contributed by atoms with van der Waals surface area (Å²) in [6.45, 7) is 5.91. The number of anilines is 2. The van der Waals surface area contributed by atoms with Gasteiger partial charge in [0.15, 0.2) is 0 Å². The summed E-state index contributed by atoms with van der Waals surface area (Å²) in [6.07, 6.45) is 2.88. The standard InChI is InChI=1S/C13H23N5O/c1-13(2,19)9-16-12-15-6-4-11(17-12)18-7-5-10(8-18)14-3/h4,6,10,14,19H,5,7-9H2,1-3H3,(H,15,16,17)/t10-/m1/s1.